The Morgan fingerprint density at radius 1 is 1.20 bits per heavy atom. The molecule has 0 bridgehead atoms. The van der Waals surface area contributed by atoms with Gasteiger partial charge in [0.1, 0.15) is 12.1 Å². The van der Waals surface area contributed by atoms with Crippen molar-refractivity contribution in [3.05, 3.63) is 60.2 Å². The summed E-state index contributed by atoms with van der Waals surface area (Å²) in [4.78, 5) is 43.0. The van der Waals surface area contributed by atoms with E-state index in [1.807, 2.05) is 30.5 Å². The van der Waals surface area contributed by atoms with Gasteiger partial charge in [0.2, 0.25) is 11.8 Å². The topological polar surface area (TPSA) is 107 Å². The molecule has 2 aromatic heterocycles. The molecule has 8 nitrogen and oxygen atoms in total. The summed E-state index contributed by atoms with van der Waals surface area (Å²) in [5.74, 6) is -0.310. The van der Waals surface area contributed by atoms with Crippen LogP contribution < -0.4 is 10.6 Å². The van der Waals surface area contributed by atoms with Gasteiger partial charge in [0.25, 0.3) is 5.91 Å². The van der Waals surface area contributed by atoms with Crippen molar-refractivity contribution in [1.29, 1.82) is 0 Å². The van der Waals surface area contributed by atoms with E-state index >= 15 is 0 Å². The van der Waals surface area contributed by atoms with Gasteiger partial charge in [0.05, 0.1) is 6.26 Å². The minimum atomic E-state index is -0.581. The van der Waals surface area contributed by atoms with Crippen LogP contribution in [0.4, 0.5) is 0 Å². The molecule has 154 valence electrons. The summed E-state index contributed by atoms with van der Waals surface area (Å²) in [6.45, 7) is 0.435. The summed E-state index contributed by atoms with van der Waals surface area (Å²) in [6, 6.07) is 9.82. The van der Waals surface area contributed by atoms with Crippen LogP contribution in [0.15, 0.2) is 53.3 Å². The third kappa shape index (κ3) is 3.24. The van der Waals surface area contributed by atoms with Gasteiger partial charge in [0.15, 0.2) is 5.76 Å². The first kappa shape index (κ1) is 18.5. The number of amides is 3. The lowest BCUT2D eigenvalue weighted by atomic mass is 9.91. The summed E-state index contributed by atoms with van der Waals surface area (Å²) in [5, 5.41) is 6.85. The Kier molecular flexibility index (Phi) is 4.54. The number of rotatable bonds is 4. The maximum Gasteiger partial charge on any atom is 0.287 e. The minimum Gasteiger partial charge on any atom is -0.459 e. The van der Waals surface area contributed by atoms with Gasteiger partial charge in [0, 0.05) is 36.1 Å². The fourth-order valence-electron chi connectivity index (χ4n) is 4.46. The molecule has 4 heterocycles. The first-order valence-electron chi connectivity index (χ1n) is 10.1. The number of nitrogens with zero attached hydrogens (tertiary/aromatic N) is 1. The predicted molar refractivity (Wildman–Crippen MR) is 109 cm³/mol. The lowest BCUT2D eigenvalue weighted by Gasteiger charge is -2.44. The number of carbonyl (C=O) groups is 3. The molecule has 30 heavy (non-hydrogen) atoms. The molecule has 1 aromatic carbocycles. The monoisotopic (exact) mass is 406 g/mol. The number of hydrogen-bond acceptors (Lipinski definition) is 4. The zero-order chi connectivity index (χ0) is 20.7. The van der Waals surface area contributed by atoms with E-state index in [-0.39, 0.29) is 29.5 Å². The number of H-pyrrole nitrogens is 1. The largest absolute Gasteiger partial charge is 0.459 e. The molecule has 3 aromatic rings. The van der Waals surface area contributed by atoms with E-state index < -0.39 is 12.1 Å². The zero-order valence-corrected chi connectivity index (χ0v) is 16.3. The Morgan fingerprint density at radius 3 is 2.90 bits per heavy atom. The smallest absolute Gasteiger partial charge is 0.287 e. The van der Waals surface area contributed by atoms with Crippen molar-refractivity contribution in [3.8, 4) is 0 Å². The van der Waals surface area contributed by atoms with Gasteiger partial charge in [-0.25, -0.2) is 0 Å². The molecule has 2 aliphatic rings. The van der Waals surface area contributed by atoms with Crippen LogP contribution in [0, 0.1) is 0 Å². The maximum absolute atomic E-state index is 13.1. The maximum atomic E-state index is 13.1. The molecule has 3 N–H and O–H groups in total. The fraction of sp³-hybridized carbons (Fsp3) is 0.318. The fourth-order valence-corrected chi connectivity index (χ4v) is 4.46. The first-order chi connectivity index (χ1) is 14.6. The van der Waals surface area contributed by atoms with Gasteiger partial charge in [-0.2, -0.15) is 0 Å². The van der Waals surface area contributed by atoms with Crippen molar-refractivity contribution in [2.24, 2.45) is 0 Å². The second kappa shape index (κ2) is 7.37. The summed E-state index contributed by atoms with van der Waals surface area (Å²) in [5.41, 5.74) is 2.01. The summed E-state index contributed by atoms with van der Waals surface area (Å²) >= 11 is 0. The van der Waals surface area contributed by atoms with Crippen molar-refractivity contribution in [2.45, 2.75) is 37.4 Å². The molecule has 3 atom stereocenters. The van der Waals surface area contributed by atoms with Crippen molar-refractivity contribution < 1.29 is 18.8 Å². The molecule has 5 rings (SSSR count). The number of para-hydroxylation sites is 1. The van der Waals surface area contributed by atoms with E-state index in [9.17, 15) is 14.4 Å². The number of furan rings is 1. The lowest BCUT2D eigenvalue weighted by molar-refractivity contribution is -0.151. The molecule has 8 heteroatoms. The van der Waals surface area contributed by atoms with Crippen molar-refractivity contribution in [3.63, 3.8) is 0 Å². The third-order valence-electron chi connectivity index (χ3n) is 5.98. The SMILES string of the molecule is O=C(NC1CCN2C(=O)C(Cc3c[nH]c4ccccc34)NC(=O)C2C1)c1ccco1. The molecule has 2 saturated heterocycles. The number of benzene rings is 1. The number of hydrogen-bond donors (Lipinski definition) is 3. The summed E-state index contributed by atoms with van der Waals surface area (Å²) in [7, 11) is 0. The van der Waals surface area contributed by atoms with Gasteiger partial charge in [-0.15, -0.1) is 0 Å². The Morgan fingerprint density at radius 2 is 2.07 bits per heavy atom. The lowest BCUT2D eigenvalue weighted by Crippen LogP contribution is -2.67. The van der Waals surface area contributed by atoms with Gasteiger partial charge in [-0.3, -0.25) is 14.4 Å². The van der Waals surface area contributed by atoms with Crippen LogP contribution in [0.25, 0.3) is 10.9 Å². The highest BCUT2D eigenvalue weighted by Crippen LogP contribution is 2.25. The highest BCUT2D eigenvalue weighted by Gasteiger charge is 2.44. The van der Waals surface area contributed by atoms with Gasteiger partial charge in [-0.1, -0.05) is 18.2 Å². The van der Waals surface area contributed by atoms with E-state index in [2.05, 4.69) is 15.6 Å². The number of piperidine rings is 1. The molecule has 2 aliphatic heterocycles. The van der Waals surface area contributed by atoms with Crippen molar-refractivity contribution >= 4 is 28.6 Å². The Hall–Kier alpha value is -3.55. The molecular formula is C22H22N4O4. The first-order valence-corrected chi connectivity index (χ1v) is 10.1. The second-order valence-electron chi connectivity index (χ2n) is 7.84. The van der Waals surface area contributed by atoms with Gasteiger partial charge >= 0.3 is 0 Å². The highest BCUT2D eigenvalue weighted by atomic mass is 16.3. The Balaban J connectivity index is 1.27. The molecule has 0 saturated carbocycles. The van der Waals surface area contributed by atoms with Crippen LogP contribution in [0.1, 0.15) is 29.0 Å². The minimum absolute atomic E-state index is 0.0688. The molecule has 0 radical (unpaired) electrons. The van der Waals surface area contributed by atoms with Crippen LogP contribution >= 0.6 is 0 Å². The van der Waals surface area contributed by atoms with E-state index in [1.54, 1.807) is 17.0 Å². The quantitative estimate of drug-likeness (QED) is 0.612. The number of aromatic amines is 1. The number of piperazine rings is 1. The molecule has 0 spiro atoms. The highest BCUT2D eigenvalue weighted by molar-refractivity contribution is 5.98. The van der Waals surface area contributed by atoms with Crippen LogP contribution in [0.2, 0.25) is 0 Å². The standard InChI is InChI=1S/C22H22N4O4/c27-20-18-11-14(24-21(28)19-6-3-9-30-19)7-8-26(18)22(29)17(25-20)10-13-12-23-16-5-2-1-4-15(13)16/h1-6,9,12,14,17-18,23H,7-8,10-11H2,(H,24,28)(H,25,27). The summed E-state index contributed by atoms with van der Waals surface area (Å²) in [6.07, 6.45) is 4.77. The van der Waals surface area contributed by atoms with Gasteiger partial charge < -0.3 is 24.9 Å². The zero-order valence-electron chi connectivity index (χ0n) is 16.3. The van der Waals surface area contributed by atoms with Crippen LogP contribution in [0.3, 0.4) is 0 Å². The van der Waals surface area contributed by atoms with E-state index in [0.29, 0.717) is 25.8 Å². The number of fused-ring (bicyclic) bond motifs is 2. The normalized spacial score (nSPS) is 23.9. The molecule has 3 amide bonds. The number of nitrogens with one attached hydrogen (secondary N) is 3. The van der Waals surface area contributed by atoms with Crippen LogP contribution in [-0.4, -0.2) is 52.3 Å². The average molecular weight is 406 g/mol. The van der Waals surface area contributed by atoms with Crippen molar-refractivity contribution in [2.75, 3.05) is 6.54 Å². The van der Waals surface area contributed by atoms with Gasteiger partial charge in [-0.05, 0) is 36.6 Å². The van der Waals surface area contributed by atoms with E-state index in [0.717, 1.165) is 16.5 Å². The Labute approximate surface area is 172 Å². The molecular weight excluding hydrogens is 384 g/mol. The van der Waals surface area contributed by atoms with Crippen molar-refractivity contribution in [1.82, 2.24) is 20.5 Å². The second-order valence-corrected chi connectivity index (χ2v) is 7.84. The molecule has 2 fully saturated rings. The van der Waals surface area contributed by atoms with E-state index in [1.165, 1.54) is 6.26 Å². The number of aromatic nitrogens is 1. The average Bonchev–Trinajstić information content (AvgIpc) is 3.43. The summed E-state index contributed by atoms with van der Waals surface area (Å²) < 4.78 is 5.12. The predicted octanol–water partition coefficient (Wildman–Crippen LogP) is 1.59. The van der Waals surface area contributed by atoms with E-state index in [4.69, 9.17) is 4.42 Å². The van der Waals surface area contributed by atoms with Crippen LogP contribution in [-0.2, 0) is 16.0 Å². The third-order valence-corrected chi connectivity index (χ3v) is 5.98. The number of carbonyl (C=O) groups excluding carboxylic acids is 3. The van der Waals surface area contributed by atoms with Crippen LogP contribution in [0.5, 0.6) is 0 Å². The molecule has 3 unspecified atom stereocenters. The Bertz CT molecular complexity index is 1100. The molecule has 0 aliphatic carbocycles.